The van der Waals surface area contributed by atoms with E-state index < -0.39 is 29.7 Å². The summed E-state index contributed by atoms with van der Waals surface area (Å²) in [5.41, 5.74) is 15.8. The number of fused-ring (bicyclic) bond motifs is 1. The SMILES string of the molecule is CCn1nc(C)cc1C(=O)Nc1nc2cc(C(N)=O)cc(OCCCN(C)C)c2n1C/C=C/[C@H]1COc2cc(C(N)=O)cc3nc(NC(=O)c4cc(C)nn4CC)n1c23. The maximum atomic E-state index is 13.8. The van der Waals surface area contributed by atoms with Crippen LogP contribution in [0.1, 0.15) is 79.4 Å². The lowest BCUT2D eigenvalue weighted by atomic mass is 10.1. The monoisotopic (exact) mass is 805 g/mol. The lowest BCUT2D eigenvalue weighted by Crippen LogP contribution is -2.25. The first-order chi connectivity index (χ1) is 28.3. The minimum Gasteiger partial charge on any atom is -0.491 e. The van der Waals surface area contributed by atoms with E-state index in [1.165, 1.54) is 0 Å². The van der Waals surface area contributed by atoms with Crippen molar-refractivity contribution in [3.8, 4) is 11.5 Å². The molecule has 0 unspecified atom stereocenters. The van der Waals surface area contributed by atoms with Gasteiger partial charge in [0.1, 0.15) is 40.5 Å². The minimum atomic E-state index is -0.656. The molecule has 0 aliphatic carbocycles. The second-order valence-corrected chi connectivity index (χ2v) is 14.5. The average molecular weight is 806 g/mol. The quantitative estimate of drug-likeness (QED) is 0.0814. The van der Waals surface area contributed by atoms with Gasteiger partial charge in [-0.15, -0.1) is 0 Å². The van der Waals surface area contributed by atoms with Crippen LogP contribution in [0.25, 0.3) is 22.1 Å². The number of benzene rings is 2. The maximum Gasteiger partial charge on any atom is 0.276 e. The molecule has 0 spiro atoms. The van der Waals surface area contributed by atoms with Gasteiger partial charge < -0.3 is 30.4 Å². The van der Waals surface area contributed by atoms with Crippen molar-refractivity contribution in [3.05, 3.63) is 82.5 Å². The van der Waals surface area contributed by atoms with E-state index in [0.29, 0.717) is 82.5 Å². The van der Waals surface area contributed by atoms with E-state index in [4.69, 9.17) is 30.9 Å². The number of nitrogens with one attached hydrogen (secondary N) is 2. The van der Waals surface area contributed by atoms with Gasteiger partial charge in [-0.2, -0.15) is 10.2 Å². The minimum absolute atomic E-state index is 0.114. The number of hydrogen-bond donors (Lipinski definition) is 4. The number of primary amides is 2. The summed E-state index contributed by atoms with van der Waals surface area (Å²) in [6.45, 7) is 9.76. The Morgan fingerprint density at radius 3 is 2.02 bits per heavy atom. The van der Waals surface area contributed by atoms with Gasteiger partial charge in [-0.05, 0) is 84.6 Å². The molecule has 0 saturated heterocycles. The van der Waals surface area contributed by atoms with Crippen molar-refractivity contribution in [2.75, 3.05) is 44.5 Å². The number of nitrogens with zero attached hydrogens (tertiary/aromatic N) is 9. The lowest BCUT2D eigenvalue weighted by Gasteiger charge is -2.25. The van der Waals surface area contributed by atoms with Crippen molar-refractivity contribution in [1.29, 1.82) is 0 Å². The maximum absolute atomic E-state index is 13.8. The Morgan fingerprint density at radius 1 is 0.847 bits per heavy atom. The Balaban J connectivity index is 1.29. The number of allylic oxidation sites excluding steroid dienone is 1. The van der Waals surface area contributed by atoms with Crippen molar-refractivity contribution in [2.24, 2.45) is 11.5 Å². The first kappa shape index (κ1) is 40.2. The third-order valence-corrected chi connectivity index (χ3v) is 9.84. The predicted molar refractivity (Wildman–Crippen MR) is 220 cm³/mol. The molecule has 19 nitrogen and oxygen atoms in total. The van der Waals surface area contributed by atoms with E-state index in [-0.39, 0.29) is 36.2 Å². The molecule has 0 saturated carbocycles. The number of aryl methyl sites for hydroxylation is 4. The zero-order chi connectivity index (χ0) is 42.1. The number of amides is 4. The van der Waals surface area contributed by atoms with Crippen molar-refractivity contribution < 1.29 is 28.7 Å². The Morgan fingerprint density at radius 2 is 1.42 bits per heavy atom. The van der Waals surface area contributed by atoms with E-state index >= 15 is 0 Å². The van der Waals surface area contributed by atoms with E-state index in [1.54, 1.807) is 50.3 Å². The largest absolute Gasteiger partial charge is 0.491 e. The molecule has 0 fully saturated rings. The average Bonchev–Trinajstić information content (AvgIpc) is 3.96. The van der Waals surface area contributed by atoms with Gasteiger partial charge >= 0.3 is 0 Å². The molecule has 1 aliphatic heterocycles. The number of carbonyl (C=O) groups excluding carboxylic acids is 4. The molecular formula is C40H47N13O6. The fourth-order valence-electron chi connectivity index (χ4n) is 7.16. The summed E-state index contributed by atoms with van der Waals surface area (Å²) in [7, 11) is 3.94. The van der Waals surface area contributed by atoms with Gasteiger partial charge in [0, 0.05) is 37.3 Å². The highest BCUT2D eigenvalue weighted by Crippen LogP contribution is 2.38. The van der Waals surface area contributed by atoms with E-state index in [1.807, 2.05) is 63.4 Å². The number of imidazole rings is 2. The van der Waals surface area contributed by atoms with Crippen molar-refractivity contribution in [1.82, 2.24) is 43.6 Å². The fraction of sp³-hybridized carbons (Fsp3) is 0.350. The lowest BCUT2D eigenvalue weighted by molar-refractivity contribution is 0.0991. The van der Waals surface area contributed by atoms with Crippen LogP contribution in [0.15, 0.2) is 48.6 Å². The number of aromatic nitrogens is 8. The summed E-state index contributed by atoms with van der Waals surface area (Å²) in [6, 6.07) is 9.16. The molecule has 1 aliphatic rings. The third kappa shape index (κ3) is 8.09. The summed E-state index contributed by atoms with van der Waals surface area (Å²) in [5, 5.41) is 14.7. The molecule has 4 aromatic heterocycles. The van der Waals surface area contributed by atoms with Crippen LogP contribution in [0.2, 0.25) is 0 Å². The van der Waals surface area contributed by atoms with Gasteiger partial charge in [0.2, 0.25) is 23.7 Å². The molecule has 5 heterocycles. The van der Waals surface area contributed by atoms with Crippen molar-refractivity contribution >= 4 is 57.6 Å². The normalized spacial score (nSPS) is 13.7. The van der Waals surface area contributed by atoms with Gasteiger partial charge in [-0.1, -0.05) is 12.2 Å². The van der Waals surface area contributed by atoms with Gasteiger partial charge in [-0.3, -0.25) is 43.7 Å². The molecule has 7 rings (SSSR count). The van der Waals surface area contributed by atoms with Gasteiger partial charge in [-0.25, -0.2) is 9.97 Å². The molecular weight excluding hydrogens is 759 g/mol. The first-order valence-corrected chi connectivity index (χ1v) is 19.2. The van der Waals surface area contributed by atoms with Crippen LogP contribution in [0.5, 0.6) is 11.5 Å². The zero-order valence-electron chi connectivity index (χ0n) is 33.8. The number of hydrogen-bond acceptors (Lipinski definition) is 11. The summed E-state index contributed by atoms with van der Waals surface area (Å²) in [6.07, 6.45) is 4.47. The molecule has 2 aromatic carbocycles. The number of rotatable bonds is 16. The smallest absolute Gasteiger partial charge is 0.276 e. The predicted octanol–water partition coefficient (Wildman–Crippen LogP) is 3.66. The zero-order valence-corrected chi connectivity index (χ0v) is 33.8. The van der Waals surface area contributed by atoms with Crippen molar-refractivity contribution in [3.63, 3.8) is 0 Å². The number of nitrogens with two attached hydrogens (primary N) is 2. The second kappa shape index (κ2) is 16.5. The fourth-order valence-corrected chi connectivity index (χ4v) is 7.16. The number of ether oxygens (including phenoxy) is 2. The number of carbonyl (C=O) groups is 4. The highest BCUT2D eigenvalue weighted by molar-refractivity contribution is 6.05. The van der Waals surface area contributed by atoms with Crippen LogP contribution in [0, 0.1) is 13.8 Å². The molecule has 59 heavy (non-hydrogen) atoms. The molecule has 0 bridgehead atoms. The third-order valence-electron chi connectivity index (χ3n) is 9.84. The summed E-state index contributed by atoms with van der Waals surface area (Å²) in [5.74, 6) is -0.967. The molecule has 1 atom stereocenters. The van der Waals surface area contributed by atoms with E-state index in [9.17, 15) is 19.2 Å². The van der Waals surface area contributed by atoms with Crippen LogP contribution < -0.4 is 31.6 Å². The Hall–Kier alpha value is -7.02. The van der Waals surface area contributed by atoms with Gasteiger partial charge in [0.25, 0.3) is 11.8 Å². The van der Waals surface area contributed by atoms with Crippen LogP contribution in [0.4, 0.5) is 11.9 Å². The van der Waals surface area contributed by atoms with Crippen LogP contribution in [-0.2, 0) is 19.6 Å². The summed E-state index contributed by atoms with van der Waals surface area (Å²) in [4.78, 5) is 63.7. The van der Waals surface area contributed by atoms with E-state index in [2.05, 4.69) is 20.8 Å². The summed E-state index contributed by atoms with van der Waals surface area (Å²) < 4.78 is 19.3. The molecule has 6 N–H and O–H groups in total. The molecule has 0 radical (unpaired) electrons. The Bertz CT molecular complexity index is 2650. The van der Waals surface area contributed by atoms with Gasteiger partial charge in [0.15, 0.2) is 0 Å². The van der Waals surface area contributed by atoms with Crippen LogP contribution in [0.3, 0.4) is 0 Å². The van der Waals surface area contributed by atoms with Crippen molar-refractivity contribution in [2.45, 2.75) is 59.8 Å². The van der Waals surface area contributed by atoms with Crippen LogP contribution >= 0.6 is 0 Å². The summed E-state index contributed by atoms with van der Waals surface area (Å²) >= 11 is 0. The first-order valence-electron chi connectivity index (χ1n) is 19.2. The highest BCUT2D eigenvalue weighted by Gasteiger charge is 2.29. The standard InChI is InChI=1S/C40H47N13O6/c1-7-51-29(15-22(3)47-51)37(56)45-39-43-27-17-24(35(41)54)19-31(58-14-10-12-49(5)6)33(27)50(39)13-9-11-26-21-59-32-20-25(36(42)55)18-28-34(32)53(26)40(44-28)46-38(57)30-16-23(4)48-52(30)8-2/h9,11,15-20,26H,7-8,10,12-14,21H2,1-6H3,(H2,41,54)(H2,42,55)(H,43,45,56)(H,44,46,57)/b11-9+/t26-/m0/s1. The number of anilines is 2. The molecule has 6 aromatic rings. The second-order valence-electron chi connectivity index (χ2n) is 14.5. The Kier molecular flexibility index (Phi) is 11.2. The molecule has 308 valence electrons. The van der Waals surface area contributed by atoms with E-state index in [0.717, 1.165) is 6.54 Å². The molecule has 19 heteroatoms. The van der Waals surface area contributed by atoms with Gasteiger partial charge in [0.05, 0.1) is 35.1 Å². The highest BCUT2D eigenvalue weighted by atomic mass is 16.5. The topological polar surface area (TPSA) is 237 Å². The Labute approximate surface area is 338 Å². The van der Waals surface area contributed by atoms with Crippen LogP contribution in [-0.4, -0.2) is 101 Å². The molecule has 4 amide bonds.